The number of aromatic nitrogens is 1. The van der Waals surface area contributed by atoms with Crippen LogP contribution in [0.3, 0.4) is 0 Å². The molecule has 4 unspecified atom stereocenters. The zero-order valence-electron chi connectivity index (χ0n) is 24.3. The number of aliphatic carboxylic acids is 1. The van der Waals surface area contributed by atoms with Gasteiger partial charge in [-0.15, -0.1) is 0 Å². The number of aromatic amines is 1. The molecule has 232 valence electrons. The van der Waals surface area contributed by atoms with Gasteiger partial charge in [0.05, 0.1) is 6.04 Å². The van der Waals surface area contributed by atoms with E-state index in [1.54, 1.807) is 20.0 Å². The van der Waals surface area contributed by atoms with Crippen molar-refractivity contribution in [3.8, 4) is 0 Å². The molecule has 42 heavy (non-hydrogen) atoms. The number of benzene rings is 1. The van der Waals surface area contributed by atoms with Crippen LogP contribution in [-0.2, 0) is 25.6 Å². The number of aliphatic imine (C=N–C) groups is 1. The standard InChI is InChI=1S/C28H45N9O5/c1-16(2)23(37-24(38)19(30)9-7-13-33-28(31)32)26(40)35-21(11-5-6-12-29)25(39)36-22(27(41)42)14-17-15-34-20-10-4-3-8-18(17)20/h3-4,8,10,15-16,19,21-23,34H,5-7,9,11-14,29-30H2,1-2H3,(H,35,40)(H,36,39)(H,37,38)(H,41,42)(H4,31,32,33). The molecule has 0 saturated carbocycles. The van der Waals surface area contributed by atoms with Crippen molar-refractivity contribution in [3.05, 3.63) is 36.0 Å². The van der Waals surface area contributed by atoms with Crippen molar-refractivity contribution in [2.45, 2.75) is 76.5 Å². The minimum Gasteiger partial charge on any atom is -0.480 e. The first-order valence-corrected chi connectivity index (χ1v) is 14.1. The molecule has 0 aliphatic heterocycles. The monoisotopic (exact) mass is 587 g/mol. The Kier molecular flexibility index (Phi) is 13.7. The molecule has 0 fully saturated rings. The lowest BCUT2D eigenvalue weighted by Gasteiger charge is -2.27. The quantitative estimate of drug-likeness (QED) is 0.0613. The average molecular weight is 588 g/mol. The predicted octanol–water partition coefficient (Wildman–Crippen LogP) is -0.585. The van der Waals surface area contributed by atoms with Crippen molar-refractivity contribution in [2.75, 3.05) is 13.1 Å². The Hall–Kier alpha value is -4.17. The number of unbranched alkanes of at least 4 members (excludes halogenated alkanes) is 1. The van der Waals surface area contributed by atoms with Crippen molar-refractivity contribution in [1.29, 1.82) is 0 Å². The number of carbonyl (C=O) groups is 4. The van der Waals surface area contributed by atoms with Crippen LogP contribution in [0.4, 0.5) is 0 Å². The predicted molar refractivity (Wildman–Crippen MR) is 161 cm³/mol. The van der Waals surface area contributed by atoms with Crippen LogP contribution in [0.1, 0.15) is 51.5 Å². The highest BCUT2D eigenvalue weighted by Gasteiger charge is 2.31. The SMILES string of the molecule is CC(C)C(NC(=O)C(N)CCCN=C(N)N)C(=O)NC(CCCCN)C(=O)NC(Cc1c[nH]c2ccccc12)C(=O)O. The molecule has 13 N–H and O–H groups in total. The second-order valence-electron chi connectivity index (χ2n) is 10.6. The van der Waals surface area contributed by atoms with Crippen LogP contribution in [0.2, 0.25) is 0 Å². The molecule has 3 amide bonds. The Morgan fingerprint density at radius 1 is 0.929 bits per heavy atom. The molecule has 0 saturated heterocycles. The average Bonchev–Trinajstić information content (AvgIpc) is 3.35. The second-order valence-corrected chi connectivity index (χ2v) is 10.6. The Balaban J connectivity index is 2.11. The van der Waals surface area contributed by atoms with Gasteiger partial charge in [0.2, 0.25) is 17.7 Å². The number of nitrogens with one attached hydrogen (secondary N) is 4. The highest BCUT2D eigenvalue weighted by atomic mass is 16.4. The number of rotatable bonds is 18. The zero-order valence-corrected chi connectivity index (χ0v) is 24.3. The fourth-order valence-corrected chi connectivity index (χ4v) is 4.46. The van der Waals surface area contributed by atoms with E-state index >= 15 is 0 Å². The maximum Gasteiger partial charge on any atom is 0.326 e. The van der Waals surface area contributed by atoms with E-state index < -0.39 is 47.9 Å². The number of H-pyrrole nitrogens is 1. The number of fused-ring (bicyclic) bond motifs is 1. The molecule has 1 aromatic carbocycles. The minimum atomic E-state index is -1.23. The van der Waals surface area contributed by atoms with E-state index in [-0.39, 0.29) is 24.7 Å². The highest BCUT2D eigenvalue weighted by Crippen LogP contribution is 2.19. The first-order valence-electron chi connectivity index (χ1n) is 14.1. The number of nitrogens with two attached hydrogens (primary N) is 4. The van der Waals surface area contributed by atoms with Gasteiger partial charge < -0.3 is 49.0 Å². The summed E-state index contributed by atoms with van der Waals surface area (Å²) in [5.74, 6) is -3.34. The molecular weight excluding hydrogens is 542 g/mol. The van der Waals surface area contributed by atoms with Crippen molar-refractivity contribution >= 4 is 40.6 Å². The van der Waals surface area contributed by atoms with Gasteiger partial charge in [-0.2, -0.15) is 0 Å². The third-order valence-electron chi connectivity index (χ3n) is 6.84. The lowest BCUT2D eigenvalue weighted by Crippen LogP contribution is -2.58. The third kappa shape index (κ3) is 10.7. The summed E-state index contributed by atoms with van der Waals surface area (Å²) in [4.78, 5) is 58.4. The van der Waals surface area contributed by atoms with E-state index in [4.69, 9.17) is 22.9 Å². The number of hydrogen-bond acceptors (Lipinski definition) is 7. The number of hydrogen-bond donors (Lipinski definition) is 9. The maximum atomic E-state index is 13.3. The summed E-state index contributed by atoms with van der Waals surface area (Å²) in [6.07, 6.45) is 3.89. The van der Waals surface area contributed by atoms with Crippen LogP contribution >= 0.6 is 0 Å². The molecule has 14 nitrogen and oxygen atoms in total. The largest absolute Gasteiger partial charge is 0.480 e. The van der Waals surface area contributed by atoms with E-state index in [1.807, 2.05) is 24.3 Å². The van der Waals surface area contributed by atoms with Crippen LogP contribution in [0, 0.1) is 5.92 Å². The summed E-state index contributed by atoms with van der Waals surface area (Å²) in [7, 11) is 0. The summed E-state index contributed by atoms with van der Waals surface area (Å²) < 4.78 is 0. The molecule has 0 aliphatic rings. The maximum absolute atomic E-state index is 13.3. The van der Waals surface area contributed by atoms with E-state index in [0.717, 1.165) is 16.5 Å². The first kappa shape index (κ1) is 34.0. The number of nitrogens with zero attached hydrogens (tertiary/aromatic N) is 1. The summed E-state index contributed by atoms with van der Waals surface area (Å²) in [6, 6.07) is 3.31. The van der Waals surface area contributed by atoms with Crippen molar-refractivity contribution in [2.24, 2.45) is 33.8 Å². The molecule has 0 spiro atoms. The van der Waals surface area contributed by atoms with Gasteiger partial charge in [-0.1, -0.05) is 32.0 Å². The molecule has 1 heterocycles. The minimum absolute atomic E-state index is 0.0420. The van der Waals surface area contributed by atoms with Gasteiger partial charge in [-0.05, 0) is 56.2 Å². The molecule has 1 aromatic heterocycles. The van der Waals surface area contributed by atoms with Gasteiger partial charge in [0.1, 0.15) is 18.1 Å². The van der Waals surface area contributed by atoms with Gasteiger partial charge in [-0.3, -0.25) is 19.4 Å². The first-order chi connectivity index (χ1) is 19.9. The number of para-hydroxylation sites is 1. The summed E-state index contributed by atoms with van der Waals surface area (Å²) in [5, 5.41) is 18.7. The van der Waals surface area contributed by atoms with Gasteiger partial charge in [-0.25, -0.2) is 4.79 Å². The topological polar surface area (TPSA) is 257 Å². The van der Waals surface area contributed by atoms with Gasteiger partial charge in [0, 0.05) is 30.1 Å². The lowest BCUT2D eigenvalue weighted by molar-refractivity contribution is -0.142. The molecule has 0 radical (unpaired) electrons. The number of carboxylic acid groups (broad SMARTS) is 1. The smallest absolute Gasteiger partial charge is 0.326 e. The summed E-state index contributed by atoms with van der Waals surface area (Å²) in [6.45, 7) is 4.21. The molecule has 2 aromatic rings. The number of amides is 3. The van der Waals surface area contributed by atoms with Crippen molar-refractivity contribution < 1.29 is 24.3 Å². The molecule has 14 heteroatoms. The van der Waals surface area contributed by atoms with Crippen LogP contribution in [0.15, 0.2) is 35.5 Å². The van der Waals surface area contributed by atoms with Gasteiger partial charge in [0.15, 0.2) is 5.96 Å². The third-order valence-corrected chi connectivity index (χ3v) is 6.84. The molecule has 0 bridgehead atoms. The van der Waals surface area contributed by atoms with Crippen molar-refractivity contribution in [3.63, 3.8) is 0 Å². The fourth-order valence-electron chi connectivity index (χ4n) is 4.46. The molecule has 2 rings (SSSR count). The van der Waals surface area contributed by atoms with Crippen LogP contribution in [-0.4, -0.2) is 77.0 Å². The Bertz CT molecular complexity index is 1230. The van der Waals surface area contributed by atoms with E-state index in [9.17, 15) is 24.3 Å². The molecular formula is C28H45N9O5. The van der Waals surface area contributed by atoms with E-state index in [0.29, 0.717) is 38.8 Å². The number of carboxylic acids is 1. The fraction of sp³-hybridized carbons (Fsp3) is 0.536. The van der Waals surface area contributed by atoms with Crippen LogP contribution in [0.25, 0.3) is 10.9 Å². The van der Waals surface area contributed by atoms with E-state index in [1.165, 1.54) is 0 Å². The van der Waals surface area contributed by atoms with Crippen LogP contribution < -0.4 is 38.9 Å². The van der Waals surface area contributed by atoms with E-state index in [2.05, 4.69) is 25.9 Å². The molecule has 4 atom stereocenters. The zero-order chi connectivity index (χ0) is 31.2. The van der Waals surface area contributed by atoms with Gasteiger partial charge in [0.25, 0.3) is 0 Å². The van der Waals surface area contributed by atoms with Crippen LogP contribution in [0.5, 0.6) is 0 Å². The Labute approximate surface area is 245 Å². The van der Waals surface area contributed by atoms with Gasteiger partial charge >= 0.3 is 5.97 Å². The Morgan fingerprint density at radius 2 is 1.62 bits per heavy atom. The highest BCUT2D eigenvalue weighted by molar-refractivity contribution is 5.94. The second kappa shape index (κ2) is 16.9. The van der Waals surface area contributed by atoms with Crippen molar-refractivity contribution in [1.82, 2.24) is 20.9 Å². The summed E-state index contributed by atoms with van der Waals surface area (Å²) in [5.41, 5.74) is 23.8. The number of carbonyl (C=O) groups excluding carboxylic acids is 3. The normalized spacial score (nSPS) is 14.0. The summed E-state index contributed by atoms with van der Waals surface area (Å²) >= 11 is 0. The number of guanidine groups is 1. The lowest BCUT2D eigenvalue weighted by atomic mass is 10.0. The Morgan fingerprint density at radius 3 is 2.26 bits per heavy atom. The molecule has 0 aliphatic carbocycles.